The predicted octanol–water partition coefficient (Wildman–Crippen LogP) is 11.2. The van der Waals surface area contributed by atoms with Crippen molar-refractivity contribution in [1.29, 1.82) is 0 Å². The largest absolute Gasteiger partial charge is 0.494 e. The number of imidazole rings is 1. The lowest BCUT2D eigenvalue weighted by molar-refractivity contribution is -0.251. The van der Waals surface area contributed by atoms with E-state index < -0.39 is 28.5 Å². The second kappa shape index (κ2) is 14.7. The van der Waals surface area contributed by atoms with Gasteiger partial charge in [-0.3, -0.25) is 14.4 Å². The van der Waals surface area contributed by atoms with Crippen LogP contribution >= 0.6 is 0 Å². The first kappa shape index (κ1) is 43.6. The number of fused-ring (bicyclic) bond motifs is 7. The van der Waals surface area contributed by atoms with Gasteiger partial charge in [0.1, 0.15) is 11.9 Å². The van der Waals surface area contributed by atoms with Gasteiger partial charge in [0.05, 0.1) is 42.3 Å². The van der Waals surface area contributed by atoms with Gasteiger partial charge >= 0.3 is 11.9 Å². The molecule has 338 valence electrons. The summed E-state index contributed by atoms with van der Waals surface area (Å²) < 4.78 is 26.3. The molecule has 0 spiro atoms. The highest BCUT2D eigenvalue weighted by molar-refractivity contribution is 5.85. The van der Waals surface area contributed by atoms with Crippen LogP contribution < -0.4 is 4.74 Å². The zero-order chi connectivity index (χ0) is 44.5. The molecule has 6 saturated carbocycles. The van der Waals surface area contributed by atoms with Crippen molar-refractivity contribution < 1.29 is 33.4 Å². The molecule has 13 atom stereocenters. The van der Waals surface area contributed by atoms with Crippen molar-refractivity contribution in [2.24, 2.45) is 73.9 Å². The Kier molecular flexibility index (Phi) is 10.3. The molecule has 9 rings (SSSR count). The fraction of sp³-hybridized carbons (Fsp3) is 0.731. The van der Waals surface area contributed by atoms with E-state index in [9.17, 15) is 19.1 Å². The summed E-state index contributed by atoms with van der Waals surface area (Å²) in [5, 5.41) is 9.71. The van der Waals surface area contributed by atoms with Crippen LogP contribution in [0, 0.1) is 79.7 Å². The van der Waals surface area contributed by atoms with Gasteiger partial charge in [0.2, 0.25) is 5.91 Å². The topological polar surface area (TPSA) is 122 Å². The number of nitrogens with one attached hydrogen (secondary N) is 1. The molecule has 62 heavy (non-hydrogen) atoms. The van der Waals surface area contributed by atoms with Crippen molar-refractivity contribution in [2.45, 2.75) is 151 Å². The Hall–Kier alpha value is -3.69. The van der Waals surface area contributed by atoms with E-state index >= 15 is 4.79 Å². The molecule has 1 aliphatic heterocycles. The van der Waals surface area contributed by atoms with Crippen molar-refractivity contribution in [3.63, 3.8) is 0 Å². The highest BCUT2D eigenvalue weighted by Gasteiger charge is 2.72. The number of halogens is 1. The average molecular weight is 854 g/mol. The number of benzene rings is 1. The van der Waals surface area contributed by atoms with Crippen molar-refractivity contribution in [2.75, 3.05) is 13.7 Å². The third-order valence-electron chi connectivity index (χ3n) is 20.4. The molecule has 7 fully saturated rings. The monoisotopic (exact) mass is 854 g/mol. The Morgan fingerprint density at radius 2 is 1.65 bits per heavy atom. The van der Waals surface area contributed by atoms with Crippen LogP contribution in [0.3, 0.4) is 0 Å². The quantitative estimate of drug-likeness (QED) is 0.200. The van der Waals surface area contributed by atoms with Crippen molar-refractivity contribution in [3.8, 4) is 17.0 Å². The van der Waals surface area contributed by atoms with Crippen LogP contribution in [0.25, 0.3) is 11.3 Å². The highest BCUT2D eigenvalue weighted by atomic mass is 19.1. The number of rotatable bonds is 8. The number of aromatic amines is 1. The second-order valence-electron chi connectivity index (χ2n) is 23.3. The van der Waals surface area contributed by atoms with Crippen molar-refractivity contribution >= 4 is 17.8 Å². The van der Waals surface area contributed by atoms with Crippen molar-refractivity contribution in [3.05, 3.63) is 48.2 Å². The Balaban J connectivity index is 0.961. The number of carbonyl (C=O) groups is 3. The number of carbonyl (C=O) groups excluding carboxylic acids is 2. The van der Waals surface area contributed by atoms with E-state index in [4.69, 9.17) is 14.5 Å². The Bertz CT molecular complexity index is 2160. The molecular weight excluding hydrogens is 782 g/mol. The summed E-state index contributed by atoms with van der Waals surface area (Å²) >= 11 is 0. The van der Waals surface area contributed by atoms with E-state index in [0.717, 1.165) is 95.1 Å². The number of hydrogen-bond donors (Lipinski definition) is 2. The summed E-state index contributed by atoms with van der Waals surface area (Å²) in [5.41, 5.74) is 1.65. The third-order valence-corrected chi connectivity index (χ3v) is 20.4. The van der Waals surface area contributed by atoms with Gasteiger partial charge in [-0.1, -0.05) is 60.6 Å². The normalized spacial score (nSPS) is 41.5. The molecule has 7 aliphatic rings. The van der Waals surface area contributed by atoms with E-state index in [1.54, 1.807) is 12.3 Å². The first-order chi connectivity index (χ1) is 29.2. The Labute approximate surface area is 368 Å². The number of esters is 1. The zero-order valence-electron chi connectivity index (χ0n) is 38.9. The minimum Gasteiger partial charge on any atom is -0.494 e. The number of H-pyrrole nitrogens is 1. The number of methoxy groups -OCH3 is 1. The van der Waals surface area contributed by atoms with Crippen LogP contribution in [-0.2, 0) is 19.1 Å². The Morgan fingerprint density at radius 1 is 0.887 bits per heavy atom. The number of likely N-dealkylation sites (tertiary alicyclic amines) is 1. The summed E-state index contributed by atoms with van der Waals surface area (Å²) in [6.45, 7) is 23.8. The molecule has 2 heterocycles. The maximum absolute atomic E-state index is 15.6. The molecular formula is C52H72FN3O6. The molecule has 0 unspecified atom stereocenters. The van der Waals surface area contributed by atoms with Crippen LogP contribution in [0.15, 0.2) is 36.5 Å². The van der Waals surface area contributed by atoms with Gasteiger partial charge < -0.3 is 24.5 Å². The molecule has 0 bridgehead atoms. The van der Waals surface area contributed by atoms with Crippen LogP contribution in [-0.4, -0.2) is 57.6 Å². The number of ether oxygens (including phenoxy) is 2. The molecule has 2 aromatic rings. The average Bonchev–Trinajstić information content (AvgIpc) is 3.98. The van der Waals surface area contributed by atoms with Gasteiger partial charge in [-0.2, -0.15) is 0 Å². The van der Waals surface area contributed by atoms with Gasteiger partial charge in [0.25, 0.3) is 0 Å². The van der Waals surface area contributed by atoms with Crippen LogP contribution in [0.5, 0.6) is 5.75 Å². The van der Waals surface area contributed by atoms with Crippen LogP contribution in [0.2, 0.25) is 0 Å². The summed E-state index contributed by atoms with van der Waals surface area (Å²) in [6.07, 6.45) is 13.9. The first-order valence-corrected chi connectivity index (χ1v) is 23.9. The molecule has 1 amide bonds. The molecule has 1 saturated heterocycles. The number of carboxylic acid groups (broad SMARTS) is 1. The number of amides is 1. The van der Waals surface area contributed by atoms with Gasteiger partial charge in [-0.15, -0.1) is 0 Å². The van der Waals surface area contributed by atoms with E-state index in [-0.39, 0.29) is 57.4 Å². The summed E-state index contributed by atoms with van der Waals surface area (Å²) in [5.74, 6) is 0.819. The number of nitrogens with zero attached hydrogens (tertiary/aromatic N) is 2. The maximum atomic E-state index is 15.6. The second-order valence-corrected chi connectivity index (χ2v) is 23.3. The minimum atomic E-state index is -0.828. The fourth-order valence-corrected chi connectivity index (χ4v) is 16.7. The molecule has 6 aliphatic carbocycles. The number of hydrogen-bond acceptors (Lipinski definition) is 6. The van der Waals surface area contributed by atoms with E-state index in [1.165, 1.54) is 18.7 Å². The summed E-state index contributed by atoms with van der Waals surface area (Å²) in [6, 6.07) is 4.79. The number of allylic oxidation sites excluding steroid dienone is 1. The first-order valence-electron chi connectivity index (χ1n) is 23.9. The SMILES string of the molecule is C=C(C)[C@@H]1CC[C@]2(C(=O)N3CCC[C@H]3c3ncc(-c4ccc(OC)c(F)c4)[nH]3)CC[C@]3(C)[C@H](CC[C@@H]4[C@@]5(C)CC[C@H](OC(=O)[C@H]6C[C@@H](C(=O)O)C6(C)C)C(C)(C)[C@@H]5CC[C@]43C)[C@@H]12. The van der Waals surface area contributed by atoms with Gasteiger partial charge in [0, 0.05) is 17.5 Å². The van der Waals surface area contributed by atoms with Gasteiger partial charge in [0.15, 0.2) is 11.6 Å². The summed E-state index contributed by atoms with van der Waals surface area (Å²) in [4.78, 5) is 51.6. The van der Waals surface area contributed by atoms with Gasteiger partial charge in [-0.25, -0.2) is 9.37 Å². The molecule has 0 radical (unpaired) electrons. The Morgan fingerprint density at radius 3 is 2.32 bits per heavy atom. The van der Waals surface area contributed by atoms with Crippen molar-refractivity contribution in [1.82, 2.24) is 14.9 Å². The predicted molar refractivity (Wildman–Crippen MR) is 236 cm³/mol. The minimum absolute atomic E-state index is 0.0638. The molecule has 9 nitrogen and oxygen atoms in total. The third kappa shape index (κ3) is 6.01. The van der Waals surface area contributed by atoms with E-state index in [2.05, 4.69) is 58.0 Å². The molecule has 1 aromatic heterocycles. The number of aromatic nitrogens is 2. The summed E-state index contributed by atoms with van der Waals surface area (Å²) in [7, 11) is 1.46. The molecule has 1 aromatic carbocycles. The highest BCUT2D eigenvalue weighted by Crippen LogP contribution is 2.78. The fourth-order valence-electron chi connectivity index (χ4n) is 16.7. The zero-order valence-corrected chi connectivity index (χ0v) is 38.9. The van der Waals surface area contributed by atoms with Gasteiger partial charge in [-0.05, 0) is 160 Å². The van der Waals surface area contributed by atoms with E-state index in [0.29, 0.717) is 41.6 Å². The smallest absolute Gasteiger partial charge is 0.309 e. The van der Waals surface area contributed by atoms with E-state index in [1.807, 2.05) is 19.9 Å². The molecule has 2 N–H and O–H groups in total. The number of aliphatic carboxylic acids is 1. The van der Waals surface area contributed by atoms with Crippen LogP contribution in [0.4, 0.5) is 4.39 Å². The lowest BCUT2D eigenvalue weighted by atomic mass is 9.32. The standard InChI is InChI=1S/C52H72FN3O6/c1-29(2)31-17-22-52(46(60)56-25-11-12-37(56)43-54-28-36(55-43)30-13-15-38(61-10)35(53)26-30)24-23-50(8)32(42(31)52)14-16-40-49(7)20-19-41(48(5,6)39(49)18-21-51(40,50)9)62-45(59)34-27-33(44(57)58)47(34,3)4/h13,15,26,28,31-34,37,39-42H,1,11-12,14,16-25,27H2,2-10H3,(H,54,55)(H,57,58)/t31-,32+,33-,34+,37-,39-,40+,41-,42+,49-,50+,51+,52-/m0/s1. The maximum Gasteiger partial charge on any atom is 0.309 e. The molecule has 10 heteroatoms. The lowest BCUT2D eigenvalue weighted by Crippen LogP contribution is -2.67. The lowest BCUT2D eigenvalue weighted by Gasteiger charge is -2.73. The van der Waals surface area contributed by atoms with Crippen LogP contribution in [0.1, 0.15) is 151 Å². The number of carboxylic acids is 1.